The minimum Gasteiger partial charge on any atom is -0.493 e. The minimum absolute atomic E-state index is 0.708. The summed E-state index contributed by atoms with van der Waals surface area (Å²) >= 11 is 1.67. The Morgan fingerprint density at radius 3 is 2.54 bits per heavy atom. The summed E-state index contributed by atoms with van der Waals surface area (Å²) in [5, 5.41) is 0. The molecule has 0 saturated heterocycles. The Labute approximate surface area is 155 Å². The molecule has 0 bridgehead atoms. The summed E-state index contributed by atoms with van der Waals surface area (Å²) in [4.78, 5) is 6.92. The summed E-state index contributed by atoms with van der Waals surface area (Å²) in [6, 6.07) is 13.7. The second-order valence-corrected chi connectivity index (χ2v) is 7.16. The van der Waals surface area contributed by atoms with Crippen LogP contribution in [0.3, 0.4) is 0 Å². The lowest BCUT2D eigenvalue weighted by atomic mass is 10.1. The van der Waals surface area contributed by atoms with Gasteiger partial charge in [-0.1, -0.05) is 12.1 Å². The van der Waals surface area contributed by atoms with Crippen molar-refractivity contribution >= 4 is 22.0 Å². The van der Waals surface area contributed by atoms with Crippen LogP contribution in [0.15, 0.2) is 48.7 Å². The third kappa shape index (κ3) is 2.68. The number of aromatic nitrogens is 2. The predicted molar refractivity (Wildman–Crippen MR) is 106 cm³/mol. The zero-order valence-electron chi connectivity index (χ0n) is 14.8. The first-order valence-corrected chi connectivity index (χ1v) is 8.99. The van der Waals surface area contributed by atoms with Crippen LogP contribution in [-0.4, -0.2) is 23.6 Å². The Morgan fingerprint density at radius 1 is 1.00 bits per heavy atom. The number of anilines is 1. The Hall–Kier alpha value is -2.99. The van der Waals surface area contributed by atoms with Gasteiger partial charge < -0.3 is 15.2 Å². The molecule has 4 aromatic rings. The van der Waals surface area contributed by atoms with Gasteiger partial charge in [0.15, 0.2) is 16.5 Å². The number of rotatable bonds is 4. The Morgan fingerprint density at radius 2 is 1.81 bits per heavy atom. The van der Waals surface area contributed by atoms with Crippen LogP contribution in [0.2, 0.25) is 0 Å². The fourth-order valence-corrected chi connectivity index (χ4v) is 4.09. The summed E-state index contributed by atoms with van der Waals surface area (Å²) in [6.45, 7) is 2.10. The molecule has 0 atom stereocenters. The molecule has 0 aliphatic heterocycles. The summed E-state index contributed by atoms with van der Waals surface area (Å²) in [6.07, 6.45) is 2.06. The van der Waals surface area contributed by atoms with Crippen molar-refractivity contribution in [3.63, 3.8) is 0 Å². The first-order valence-electron chi connectivity index (χ1n) is 8.17. The van der Waals surface area contributed by atoms with E-state index in [0.29, 0.717) is 11.5 Å². The molecule has 0 unspecified atom stereocenters. The molecule has 0 fully saturated rings. The van der Waals surface area contributed by atoms with Crippen molar-refractivity contribution in [3.8, 4) is 34.0 Å². The van der Waals surface area contributed by atoms with Gasteiger partial charge in [0.1, 0.15) is 0 Å². The minimum atomic E-state index is 0.708. The largest absolute Gasteiger partial charge is 0.493 e. The van der Waals surface area contributed by atoms with E-state index in [0.717, 1.165) is 33.2 Å². The van der Waals surface area contributed by atoms with Gasteiger partial charge in [0.2, 0.25) is 0 Å². The van der Waals surface area contributed by atoms with Crippen LogP contribution in [-0.2, 0) is 0 Å². The monoisotopic (exact) mass is 365 g/mol. The van der Waals surface area contributed by atoms with E-state index in [2.05, 4.69) is 17.5 Å². The molecule has 5 nitrogen and oxygen atoms in total. The summed E-state index contributed by atoms with van der Waals surface area (Å²) in [5.74, 6) is 1.42. The zero-order chi connectivity index (χ0) is 18.3. The van der Waals surface area contributed by atoms with Crippen molar-refractivity contribution < 1.29 is 9.47 Å². The lowest BCUT2D eigenvalue weighted by molar-refractivity contribution is 0.355. The molecule has 2 aromatic heterocycles. The number of nitrogens with two attached hydrogens (primary N) is 1. The van der Waals surface area contributed by atoms with Crippen molar-refractivity contribution in [2.45, 2.75) is 6.92 Å². The molecule has 0 aliphatic carbocycles. The molecule has 0 spiro atoms. The highest BCUT2D eigenvalue weighted by molar-refractivity contribution is 7.17. The van der Waals surface area contributed by atoms with Gasteiger partial charge in [0.05, 0.1) is 25.6 Å². The molecule has 2 N–H and O–H groups in total. The number of nitrogens with zero attached hydrogens (tertiary/aromatic N) is 2. The van der Waals surface area contributed by atoms with Crippen LogP contribution in [0.1, 0.15) is 4.88 Å². The van der Waals surface area contributed by atoms with Gasteiger partial charge in [-0.25, -0.2) is 4.98 Å². The lowest BCUT2D eigenvalue weighted by Crippen LogP contribution is -1.92. The number of aryl methyl sites for hydroxylation is 1. The molecular formula is C20H19N3O2S. The van der Waals surface area contributed by atoms with Crippen molar-refractivity contribution in [2.24, 2.45) is 0 Å². The highest BCUT2D eigenvalue weighted by Gasteiger charge is 2.16. The maximum Gasteiger partial charge on any atom is 0.194 e. The summed E-state index contributed by atoms with van der Waals surface area (Å²) < 4.78 is 12.9. The second kappa shape index (κ2) is 6.38. The summed E-state index contributed by atoms with van der Waals surface area (Å²) in [7, 11) is 3.28. The standard InChI is InChI=1S/C20H19N3O2S/c1-12-19(14-7-8-17(24-2)18(10-14)25-3)23-11-16(22-20(23)26-12)13-5-4-6-15(21)9-13/h4-11H,21H2,1-3H3. The van der Waals surface area contributed by atoms with E-state index in [9.17, 15) is 0 Å². The van der Waals surface area contributed by atoms with Gasteiger partial charge in [0.25, 0.3) is 0 Å². The fourth-order valence-electron chi connectivity index (χ4n) is 3.11. The lowest BCUT2D eigenvalue weighted by Gasteiger charge is -2.10. The number of hydrogen-bond donors (Lipinski definition) is 1. The van der Waals surface area contributed by atoms with Crippen molar-refractivity contribution in [1.82, 2.24) is 9.38 Å². The van der Waals surface area contributed by atoms with Crippen molar-refractivity contribution in [3.05, 3.63) is 53.5 Å². The van der Waals surface area contributed by atoms with E-state index >= 15 is 0 Å². The molecule has 2 aromatic carbocycles. The summed E-state index contributed by atoms with van der Waals surface area (Å²) in [5.41, 5.74) is 10.7. The van der Waals surface area contributed by atoms with Crippen LogP contribution in [0.5, 0.6) is 11.5 Å². The van der Waals surface area contributed by atoms with Gasteiger partial charge >= 0.3 is 0 Å². The van der Waals surface area contributed by atoms with Gasteiger partial charge in [-0.15, -0.1) is 11.3 Å². The average Bonchev–Trinajstić information content (AvgIpc) is 3.17. The molecule has 0 radical (unpaired) electrons. The average molecular weight is 365 g/mol. The molecule has 4 rings (SSSR count). The number of ether oxygens (including phenoxy) is 2. The third-order valence-electron chi connectivity index (χ3n) is 4.33. The third-order valence-corrected chi connectivity index (χ3v) is 5.30. The SMILES string of the molecule is COc1ccc(-c2c(C)sc3nc(-c4cccc(N)c4)cn23)cc1OC. The predicted octanol–water partition coefficient (Wildman–Crippen LogP) is 4.64. The number of thiazole rings is 1. The molecule has 2 heterocycles. The molecule has 6 heteroatoms. The zero-order valence-corrected chi connectivity index (χ0v) is 15.6. The van der Waals surface area contributed by atoms with E-state index in [-0.39, 0.29) is 0 Å². The fraction of sp³-hybridized carbons (Fsp3) is 0.150. The maximum absolute atomic E-state index is 5.91. The van der Waals surface area contributed by atoms with E-state index in [1.54, 1.807) is 25.6 Å². The smallest absolute Gasteiger partial charge is 0.194 e. The normalized spacial score (nSPS) is 11.0. The first-order chi connectivity index (χ1) is 12.6. The molecule has 26 heavy (non-hydrogen) atoms. The number of fused-ring (bicyclic) bond motifs is 1. The molecule has 0 amide bonds. The van der Waals surface area contributed by atoms with E-state index in [1.807, 2.05) is 42.5 Å². The van der Waals surface area contributed by atoms with Crippen molar-refractivity contribution in [2.75, 3.05) is 20.0 Å². The van der Waals surface area contributed by atoms with Gasteiger partial charge in [-0.2, -0.15) is 0 Å². The molecule has 0 saturated carbocycles. The molecule has 0 aliphatic rings. The van der Waals surface area contributed by atoms with Gasteiger partial charge in [-0.05, 0) is 37.3 Å². The van der Waals surface area contributed by atoms with Crippen LogP contribution < -0.4 is 15.2 Å². The van der Waals surface area contributed by atoms with Crippen LogP contribution in [0.25, 0.3) is 27.5 Å². The number of benzene rings is 2. The quantitative estimate of drug-likeness (QED) is 0.535. The van der Waals surface area contributed by atoms with Crippen LogP contribution in [0, 0.1) is 6.92 Å². The van der Waals surface area contributed by atoms with Gasteiger partial charge in [0, 0.05) is 27.9 Å². The number of methoxy groups -OCH3 is 2. The second-order valence-electron chi connectivity index (χ2n) is 5.98. The highest BCUT2D eigenvalue weighted by atomic mass is 32.1. The van der Waals surface area contributed by atoms with Crippen molar-refractivity contribution in [1.29, 1.82) is 0 Å². The topological polar surface area (TPSA) is 61.8 Å². The Balaban J connectivity index is 1.86. The highest BCUT2D eigenvalue weighted by Crippen LogP contribution is 2.37. The Bertz CT molecular complexity index is 1100. The number of nitrogen functional groups attached to an aromatic ring is 1. The van der Waals surface area contributed by atoms with Crippen LogP contribution >= 0.6 is 11.3 Å². The molecular weight excluding hydrogens is 346 g/mol. The van der Waals surface area contributed by atoms with Crippen LogP contribution in [0.4, 0.5) is 5.69 Å². The van der Waals surface area contributed by atoms with E-state index in [4.69, 9.17) is 20.2 Å². The van der Waals surface area contributed by atoms with E-state index in [1.165, 1.54) is 4.88 Å². The number of imidazole rings is 1. The first kappa shape index (κ1) is 16.5. The van der Waals surface area contributed by atoms with E-state index < -0.39 is 0 Å². The van der Waals surface area contributed by atoms with Gasteiger partial charge in [-0.3, -0.25) is 4.40 Å². The molecule has 132 valence electrons. The Kier molecular flexibility index (Phi) is 4.05. The maximum atomic E-state index is 5.91. The number of hydrogen-bond acceptors (Lipinski definition) is 5.